The van der Waals surface area contributed by atoms with Gasteiger partial charge in [-0.1, -0.05) is 48.0 Å². The molecule has 0 aliphatic carbocycles. The summed E-state index contributed by atoms with van der Waals surface area (Å²) in [5.74, 6) is -2.21. The molecule has 3 amide bonds. The number of hydrogen-bond donors (Lipinski definition) is 1. The van der Waals surface area contributed by atoms with E-state index in [1.54, 1.807) is 27.8 Å². The van der Waals surface area contributed by atoms with Crippen LogP contribution in [-0.2, 0) is 19.1 Å². The van der Waals surface area contributed by atoms with E-state index in [9.17, 15) is 19.5 Å². The number of halogens is 1. The van der Waals surface area contributed by atoms with E-state index in [2.05, 4.69) is 0 Å². The van der Waals surface area contributed by atoms with E-state index in [4.69, 9.17) is 16.3 Å². The summed E-state index contributed by atoms with van der Waals surface area (Å²) < 4.78 is 6.57. The first kappa shape index (κ1) is 24.0. The predicted octanol–water partition coefficient (Wildman–Crippen LogP) is 1.93. The highest BCUT2D eigenvalue weighted by Crippen LogP contribution is 2.53. The molecule has 4 heterocycles. The zero-order valence-electron chi connectivity index (χ0n) is 19.9. The third-order valence-electron chi connectivity index (χ3n) is 7.63. The molecule has 2 fully saturated rings. The summed E-state index contributed by atoms with van der Waals surface area (Å²) in [5, 5.41) is 9.76. The van der Waals surface area contributed by atoms with E-state index >= 15 is 0 Å². The Hall–Kier alpha value is -2.68. The number of rotatable bonds is 5. The topological polar surface area (TPSA) is 90.4 Å². The van der Waals surface area contributed by atoms with E-state index in [0.717, 1.165) is 5.56 Å². The molecule has 5 atom stereocenters. The van der Waals surface area contributed by atoms with Crippen molar-refractivity contribution in [1.29, 1.82) is 0 Å². The number of para-hydroxylation sites is 1. The smallest absolute Gasteiger partial charge is 0.253 e. The molecule has 1 unspecified atom stereocenters. The van der Waals surface area contributed by atoms with Gasteiger partial charge in [-0.2, -0.15) is 0 Å². The third-order valence-corrected chi connectivity index (χ3v) is 7.93. The van der Waals surface area contributed by atoms with Crippen molar-refractivity contribution in [3.63, 3.8) is 0 Å². The van der Waals surface area contributed by atoms with Gasteiger partial charge in [0.25, 0.3) is 5.91 Å². The molecule has 8 nitrogen and oxygen atoms in total. The SMILES string of the molecule is Cc1cccc(Cl)c1N1CC=C[C@]23O[C@@H]4C=CCN(C)C(=O)[C@@H]4[C@H]2C(=O)N(CCCCO)C3C1=O. The molecule has 0 radical (unpaired) electrons. The number of ether oxygens (including phenoxy) is 1. The van der Waals surface area contributed by atoms with Crippen molar-refractivity contribution in [2.24, 2.45) is 11.8 Å². The Labute approximate surface area is 209 Å². The lowest BCUT2D eigenvalue weighted by atomic mass is 9.77. The van der Waals surface area contributed by atoms with Crippen LogP contribution in [0.4, 0.5) is 5.69 Å². The number of amides is 3. The van der Waals surface area contributed by atoms with Gasteiger partial charge >= 0.3 is 0 Å². The normalized spacial score (nSPS) is 32.0. The molecule has 1 aromatic carbocycles. The van der Waals surface area contributed by atoms with Crippen LogP contribution in [0.15, 0.2) is 42.5 Å². The number of hydrogen-bond acceptors (Lipinski definition) is 5. The lowest BCUT2D eigenvalue weighted by Crippen LogP contribution is -2.55. The molecule has 0 saturated carbocycles. The molecule has 0 bridgehead atoms. The van der Waals surface area contributed by atoms with Crippen molar-refractivity contribution in [3.8, 4) is 0 Å². The number of benzene rings is 1. The van der Waals surface area contributed by atoms with Crippen LogP contribution in [0, 0.1) is 18.8 Å². The van der Waals surface area contributed by atoms with Gasteiger partial charge < -0.3 is 24.5 Å². The van der Waals surface area contributed by atoms with Gasteiger partial charge in [0.1, 0.15) is 11.6 Å². The van der Waals surface area contributed by atoms with E-state index in [-0.39, 0.29) is 37.4 Å². The minimum Gasteiger partial charge on any atom is -0.396 e. The van der Waals surface area contributed by atoms with Crippen LogP contribution >= 0.6 is 11.6 Å². The Morgan fingerprint density at radius 2 is 1.91 bits per heavy atom. The molecule has 5 rings (SSSR count). The lowest BCUT2D eigenvalue weighted by Gasteiger charge is -2.36. The summed E-state index contributed by atoms with van der Waals surface area (Å²) >= 11 is 6.54. The van der Waals surface area contributed by atoms with Crippen LogP contribution in [-0.4, -0.2) is 83.7 Å². The number of fused-ring (bicyclic) bond motifs is 2. The number of aliphatic hydroxyl groups excluding tert-OH is 1. The fourth-order valence-electron chi connectivity index (χ4n) is 6.06. The molecule has 186 valence electrons. The second kappa shape index (κ2) is 9.08. The molecule has 35 heavy (non-hydrogen) atoms. The molecule has 2 saturated heterocycles. The van der Waals surface area contributed by atoms with Crippen LogP contribution in [0.1, 0.15) is 18.4 Å². The number of anilines is 1. The molecule has 4 aliphatic heterocycles. The summed E-state index contributed by atoms with van der Waals surface area (Å²) in [6.07, 6.45) is 7.84. The number of unbranched alkanes of at least 4 members (excludes halogenated alkanes) is 1. The molecule has 1 spiro atoms. The van der Waals surface area contributed by atoms with Gasteiger partial charge in [-0.05, 0) is 31.4 Å². The molecule has 9 heteroatoms. The third kappa shape index (κ3) is 3.61. The average Bonchev–Trinajstić information content (AvgIpc) is 3.14. The highest BCUT2D eigenvalue weighted by atomic mass is 35.5. The first-order chi connectivity index (χ1) is 16.8. The molecule has 1 N–H and O–H groups in total. The standard InChI is InChI=1S/C26H30ClN3O5/c1-16-8-5-9-17(27)21(16)29-14-7-11-26-20(19-18(35-26)10-6-12-28(2)23(19)32)24(33)30(13-3-4-15-31)22(26)25(29)34/h5-11,18-20,22,31H,3-4,12-15H2,1-2H3/t18-,19+,20+,22?,26+/m1/s1. The average molecular weight is 500 g/mol. The number of carbonyl (C=O) groups is 3. The van der Waals surface area contributed by atoms with Crippen LogP contribution in [0.3, 0.4) is 0 Å². The zero-order valence-corrected chi connectivity index (χ0v) is 20.6. The Morgan fingerprint density at radius 3 is 2.66 bits per heavy atom. The Bertz CT molecular complexity index is 1100. The van der Waals surface area contributed by atoms with Gasteiger partial charge in [0.2, 0.25) is 11.8 Å². The fourth-order valence-corrected chi connectivity index (χ4v) is 6.39. The number of likely N-dealkylation sites (tertiary alicyclic amines) is 1. The second-order valence-corrected chi connectivity index (χ2v) is 10.1. The van der Waals surface area contributed by atoms with Gasteiger partial charge in [0, 0.05) is 33.3 Å². The number of likely N-dealkylation sites (N-methyl/N-ethyl adjacent to an activating group) is 1. The summed E-state index contributed by atoms with van der Waals surface area (Å²) in [6.45, 7) is 2.90. The van der Waals surface area contributed by atoms with Gasteiger partial charge in [-0.3, -0.25) is 14.4 Å². The van der Waals surface area contributed by atoms with Crippen LogP contribution in [0.2, 0.25) is 5.02 Å². The van der Waals surface area contributed by atoms with E-state index in [1.165, 1.54) is 0 Å². The van der Waals surface area contributed by atoms with E-state index < -0.39 is 29.6 Å². The van der Waals surface area contributed by atoms with Crippen molar-refractivity contribution in [2.75, 3.05) is 38.2 Å². The maximum atomic E-state index is 14.3. The highest BCUT2D eigenvalue weighted by molar-refractivity contribution is 6.34. The Balaban J connectivity index is 1.62. The Kier molecular flexibility index (Phi) is 6.23. The second-order valence-electron chi connectivity index (χ2n) is 9.71. The van der Waals surface area contributed by atoms with Crippen LogP contribution < -0.4 is 4.90 Å². The zero-order chi connectivity index (χ0) is 24.9. The van der Waals surface area contributed by atoms with Gasteiger partial charge in [0.05, 0.1) is 28.6 Å². The van der Waals surface area contributed by atoms with Crippen molar-refractivity contribution in [2.45, 2.75) is 37.5 Å². The number of nitrogens with zero attached hydrogens (tertiary/aromatic N) is 3. The predicted molar refractivity (Wildman–Crippen MR) is 131 cm³/mol. The van der Waals surface area contributed by atoms with Gasteiger partial charge in [-0.25, -0.2) is 0 Å². The van der Waals surface area contributed by atoms with Crippen molar-refractivity contribution in [3.05, 3.63) is 53.1 Å². The molecular weight excluding hydrogens is 470 g/mol. The quantitative estimate of drug-likeness (QED) is 0.494. The fraction of sp³-hybridized carbons (Fsp3) is 0.500. The van der Waals surface area contributed by atoms with Gasteiger partial charge in [-0.15, -0.1) is 0 Å². The minimum absolute atomic E-state index is 0.00463. The maximum Gasteiger partial charge on any atom is 0.253 e. The summed E-state index contributed by atoms with van der Waals surface area (Å²) in [6, 6.07) is 4.53. The highest BCUT2D eigenvalue weighted by Gasteiger charge is 2.71. The number of aliphatic hydroxyl groups is 1. The monoisotopic (exact) mass is 499 g/mol. The number of carbonyl (C=O) groups excluding carboxylic acids is 3. The molecule has 0 aromatic heterocycles. The van der Waals surface area contributed by atoms with Crippen molar-refractivity contribution >= 4 is 35.0 Å². The molecular formula is C26H30ClN3O5. The van der Waals surface area contributed by atoms with Crippen molar-refractivity contribution < 1.29 is 24.2 Å². The van der Waals surface area contributed by atoms with E-state index in [1.807, 2.05) is 43.4 Å². The van der Waals surface area contributed by atoms with E-state index in [0.29, 0.717) is 30.1 Å². The van der Waals surface area contributed by atoms with Gasteiger partial charge in [0.15, 0.2) is 0 Å². The minimum atomic E-state index is -1.26. The Morgan fingerprint density at radius 1 is 1.11 bits per heavy atom. The molecule has 1 aromatic rings. The maximum absolute atomic E-state index is 14.3. The number of aryl methyl sites for hydroxylation is 1. The first-order valence-electron chi connectivity index (χ1n) is 12.1. The summed E-state index contributed by atoms with van der Waals surface area (Å²) in [4.78, 5) is 46.4. The largest absolute Gasteiger partial charge is 0.396 e. The lowest BCUT2D eigenvalue weighted by molar-refractivity contribution is -0.143. The first-order valence-corrected chi connectivity index (χ1v) is 12.4. The summed E-state index contributed by atoms with van der Waals surface area (Å²) in [5.41, 5.74) is 0.195. The molecule has 4 aliphatic rings. The van der Waals surface area contributed by atoms with Crippen molar-refractivity contribution in [1.82, 2.24) is 9.80 Å². The van der Waals surface area contributed by atoms with Crippen LogP contribution in [0.25, 0.3) is 0 Å². The van der Waals surface area contributed by atoms with Crippen LogP contribution in [0.5, 0.6) is 0 Å². The summed E-state index contributed by atoms with van der Waals surface area (Å²) in [7, 11) is 1.71.